The molecule has 1 N–H and O–H groups in total. The van der Waals surface area contributed by atoms with Gasteiger partial charge >= 0.3 is 12.0 Å². The van der Waals surface area contributed by atoms with E-state index in [2.05, 4.69) is 5.32 Å². The average Bonchev–Trinajstić information content (AvgIpc) is 3.48. The molecule has 2 amide bonds. The number of methoxy groups -OCH3 is 1. The second-order valence-corrected chi connectivity index (χ2v) is 8.01. The zero-order valence-corrected chi connectivity index (χ0v) is 16.4. The first-order valence-electron chi connectivity index (χ1n) is 9.98. The van der Waals surface area contributed by atoms with Crippen LogP contribution in [0.15, 0.2) is 29.8 Å². The number of Topliss-reactive ketones (excluding diaryl/α,β-unsaturated/α-hetero) is 1. The smallest absolute Gasteiger partial charge is 0.336 e. The third-order valence-electron chi connectivity index (χ3n) is 6.12. The van der Waals surface area contributed by atoms with Gasteiger partial charge < -0.3 is 15.0 Å². The summed E-state index contributed by atoms with van der Waals surface area (Å²) in [4.78, 5) is 38.9. The van der Waals surface area contributed by atoms with Gasteiger partial charge in [-0.2, -0.15) is 0 Å². The summed E-state index contributed by atoms with van der Waals surface area (Å²) in [6, 6.07) is 7.10. The molecule has 1 saturated carbocycles. The number of carbonyl (C=O) groups excluding carboxylic acids is 3. The van der Waals surface area contributed by atoms with E-state index in [0.29, 0.717) is 30.0 Å². The van der Waals surface area contributed by atoms with Crippen molar-refractivity contribution in [1.82, 2.24) is 10.2 Å². The summed E-state index contributed by atoms with van der Waals surface area (Å²) in [5.41, 5.74) is 3.07. The van der Waals surface area contributed by atoms with Gasteiger partial charge in [-0.05, 0) is 56.1 Å². The van der Waals surface area contributed by atoms with E-state index in [9.17, 15) is 14.4 Å². The zero-order valence-electron chi connectivity index (χ0n) is 16.4. The van der Waals surface area contributed by atoms with E-state index in [1.54, 1.807) is 12.1 Å². The van der Waals surface area contributed by atoms with Gasteiger partial charge in [-0.15, -0.1) is 0 Å². The summed E-state index contributed by atoms with van der Waals surface area (Å²) in [6.07, 6.45) is 4.62. The van der Waals surface area contributed by atoms with Gasteiger partial charge in [0.2, 0.25) is 0 Å². The van der Waals surface area contributed by atoms with Crippen LogP contribution in [-0.2, 0) is 9.53 Å². The summed E-state index contributed by atoms with van der Waals surface area (Å²) in [5, 5.41) is 3.04. The average molecular weight is 382 g/mol. The molecule has 6 heteroatoms. The lowest BCUT2D eigenvalue weighted by Crippen LogP contribution is -2.51. The van der Waals surface area contributed by atoms with Crippen LogP contribution in [0.5, 0.6) is 0 Å². The highest BCUT2D eigenvalue weighted by Crippen LogP contribution is 2.43. The fourth-order valence-corrected chi connectivity index (χ4v) is 4.41. The van der Waals surface area contributed by atoms with Crippen LogP contribution in [0.4, 0.5) is 4.79 Å². The van der Waals surface area contributed by atoms with Crippen molar-refractivity contribution in [2.75, 3.05) is 13.7 Å². The molecule has 2 bridgehead atoms. The van der Waals surface area contributed by atoms with Crippen LogP contribution >= 0.6 is 0 Å². The molecular weight excluding hydrogens is 356 g/mol. The molecule has 1 aromatic rings. The predicted octanol–water partition coefficient (Wildman–Crippen LogP) is 3.17. The van der Waals surface area contributed by atoms with Crippen LogP contribution in [0.25, 0.3) is 5.57 Å². The molecule has 6 nitrogen and oxygen atoms in total. The van der Waals surface area contributed by atoms with E-state index in [-0.39, 0.29) is 29.9 Å². The number of hydrogen-bond acceptors (Lipinski definition) is 4. The fraction of sp³-hybridized carbons (Fsp3) is 0.500. The van der Waals surface area contributed by atoms with E-state index in [1.165, 1.54) is 26.9 Å². The van der Waals surface area contributed by atoms with Gasteiger partial charge in [0.15, 0.2) is 5.78 Å². The Morgan fingerprint density at radius 2 is 1.82 bits per heavy atom. The summed E-state index contributed by atoms with van der Waals surface area (Å²) in [5.74, 6) is 0.240. The van der Waals surface area contributed by atoms with Gasteiger partial charge in [-0.25, -0.2) is 9.59 Å². The highest BCUT2D eigenvalue weighted by molar-refractivity contribution is 6.01. The quantitative estimate of drug-likeness (QED) is 0.627. The second kappa shape index (κ2) is 7.41. The number of fused-ring (bicyclic) bond motifs is 2. The molecule has 1 saturated heterocycles. The van der Waals surface area contributed by atoms with Crippen LogP contribution < -0.4 is 5.32 Å². The number of urea groups is 1. The Morgan fingerprint density at radius 1 is 1.11 bits per heavy atom. The molecule has 2 fully saturated rings. The first-order chi connectivity index (χ1) is 13.5. The molecule has 1 aliphatic carbocycles. The number of rotatable bonds is 5. The number of ketones is 1. The molecule has 3 aliphatic rings. The predicted molar refractivity (Wildman–Crippen MR) is 105 cm³/mol. The van der Waals surface area contributed by atoms with Crippen molar-refractivity contribution in [1.29, 1.82) is 0 Å². The van der Waals surface area contributed by atoms with Gasteiger partial charge in [0.05, 0.1) is 18.7 Å². The van der Waals surface area contributed by atoms with E-state index >= 15 is 0 Å². The molecule has 2 heterocycles. The summed E-state index contributed by atoms with van der Waals surface area (Å²) >= 11 is 0. The van der Waals surface area contributed by atoms with Crippen LogP contribution in [0.1, 0.15) is 54.9 Å². The maximum absolute atomic E-state index is 12.8. The van der Waals surface area contributed by atoms with E-state index in [0.717, 1.165) is 24.0 Å². The van der Waals surface area contributed by atoms with Crippen molar-refractivity contribution >= 4 is 23.4 Å². The minimum Gasteiger partial charge on any atom is -0.466 e. The van der Waals surface area contributed by atoms with Crippen molar-refractivity contribution in [3.63, 3.8) is 0 Å². The number of ether oxygens (including phenoxy) is 1. The number of benzene rings is 1. The molecule has 4 rings (SSSR count). The normalized spacial score (nSPS) is 23.6. The van der Waals surface area contributed by atoms with Crippen LogP contribution in [-0.4, -0.2) is 48.4 Å². The Morgan fingerprint density at radius 3 is 2.43 bits per heavy atom. The third-order valence-corrected chi connectivity index (χ3v) is 6.12. The minimum absolute atomic E-state index is 0.0101. The van der Waals surface area contributed by atoms with Gasteiger partial charge in [0.1, 0.15) is 0 Å². The summed E-state index contributed by atoms with van der Waals surface area (Å²) < 4.78 is 5.08. The first kappa shape index (κ1) is 18.7. The molecule has 0 aromatic heterocycles. The molecule has 0 unspecified atom stereocenters. The molecule has 1 aromatic carbocycles. The van der Waals surface area contributed by atoms with Crippen molar-refractivity contribution in [2.24, 2.45) is 5.92 Å². The van der Waals surface area contributed by atoms with E-state index < -0.39 is 0 Å². The summed E-state index contributed by atoms with van der Waals surface area (Å²) in [6.45, 7) is 2.25. The fourth-order valence-electron chi connectivity index (χ4n) is 4.41. The second-order valence-electron chi connectivity index (χ2n) is 8.01. The monoisotopic (exact) mass is 382 g/mol. The third kappa shape index (κ3) is 3.43. The number of amides is 2. The number of hydrogen-bond donors (Lipinski definition) is 1. The Bertz CT molecular complexity index is 839. The lowest BCUT2D eigenvalue weighted by molar-refractivity contribution is -0.136. The van der Waals surface area contributed by atoms with E-state index in [4.69, 9.17) is 4.74 Å². The maximum atomic E-state index is 12.8. The highest BCUT2D eigenvalue weighted by atomic mass is 16.5. The van der Waals surface area contributed by atoms with Crippen LogP contribution in [0.2, 0.25) is 0 Å². The lowest BCUT2D eigenvalue weighted by atomic mass is 9.88. The molecule has 148 valence electrons. The van der Waals surface area contributed by atoms with Crippen LogP contribution in [0, 0.1) is 5.92 Å². The summed E-state index contributed by atoms with van der Waals surface area (Å²) in [7, 11) is 1.38. The van der Waals surface area contributed by atoms with Crippen molar-refractivity contribution < 1.29 is 19.1 Å². The number of nitrogens with zero attached hydrogens (tertiary/aromatic N) is 1. The van der Waals surface area contributed by atoms with Crippen molar-refractivity contribution in [2.45, 2.75) is 51.1 Å². The Hall–Kier alpha value is -2.63. The van der Waals surface area contributed by atoms with Gasteiger partial charge in [-0.1, -0.05) is 24.3 Å². The zero-order chi connectivity index (χ0) is 19.8. The Balaban J connectivity index is 1.66. The Kier molecular flexibility index (Phi) is 4.96. The standard InChI is InChI=1S/C22H26N2O4/c1-13(25)15-5-7-16(8-6-15)18-11-17-9-10-19(20(18)21(26)28-2)24(17)22(27)23-12-14-3-4-14/h5-8,14,17,19H,3-4,9-12H2,1-2H3,(H,23,27)/t17-,19+/m1/s1. The lowest BCUT2D eigenvalue weighted by Gasteiger charge is -2.37. The first-order valence-corrected chi connectivity index (χ1v) is 9.98. The molecular formula is C22H26N2O4. The molecule has 2 atom stereocenters. The topological polar surface area (TPSA) is 75.7 Å². The van der Waals surface area contributed by atoms with Crippen molar-refractivity contribution in [3.05, 3.63) is 41.0 Å². The SMILES string of the molecule is COC(=O)C1=C(c2ccc(C(C)=O)cc2)C[C@H]2CC[C@@H]1N2C(=O)NCC1CC1. The minimum atomic E-state index is -0.379. The largest absolute Gasteiger partial charge is 0.466 e. The molecule has 0 spiro atoms. The van der Waals surface area contributed by atoms with Crippen molar-refractivity contribution in [3.8, 4) is 0 Å². The van der Waals surface area contributed by atoms with E-state index in [1.807, 2.05) is 17.0 Å². The molecule has 0 radical (unpaired) electrons. The van der Waals surface area contributed by atoms with Crippen LogP contribution in [0.3, 0.4) is 0 Å². The highest BCUT2D eigenvalue weighted by Gasteiger charge is 2.46. The Labute approximate surface area is 164 Å². The number of esters is 1. The number of carbonyl (C=O) groups is 3. The van der Waals surface area contributed by atoms with Gasteiger partial charge in [-0.3, -0.25) is 4.79 Å². The van der Waals surface area contributed by atoms with Gasteiger partial charge in [0, 0.05) is 18.2 Å². The van der Waals surface area contributed by atoms with Gasteiger partial charge in [0.25, 0.3) is 0 Å². The molecule has 2 aliphatic heterocycles. The maximum Gasteiger partial charge on any atom is 0.336 e. The number of nitrogens with one attached hydrogen (secondary N) is 1. The molecule has 28 heavy (non-hydrogen) atoms.